The molecule has 0 bridgehead atoms. The summed E-state index contributed by atoms with van der Waals surface area (Å²) >= 11 is 0. The lowest BCUT2D eigenvalue weighted by Crippen LogP contribution is -2.30. The molecule has 1 radical (unpaired) electrons. The second-order valence-corrected chi connectivity index (χ2v) is 5.00. The summed E-state index contributed by atoms with van der Waals surface area (Å²) in [6.45, 7) is -0.00334. The van der Waals surface area contributed by atoms with E-state index >= 15 is 0 Å². The summed E-state index contributed by atoms with van der Waals surface area (Å²) in [4.78, 5) is 23.6. The molecule has 2 aliphatic heterocycles. The third-order valence-electron chi connectivity index (χ3n) is 3.50. The lowest BCUT2D eigenvalue weighted by Gasteiger charge is -2.27. The minimum Gasteiger partial charge on any atom is -0.482 e. The average Bonchev–Trinajstić information content (AvgIpc) is 2.53. The van der Waals surface area contributed by atoms with Gasteiger partial charge in [0.2, 0.25) is 6.10 Å². The summed E-state index contributed by atoms with van der Waals surface area (Å²) < 4.78 is 11.1. The minimum atomic E-state index is -0.779. The zero-order valence-corrected chi connectivity index (χ0v) is 11.4. The molecule has 1 atom stereocenters. The summed E-state index contributed by atoms with van der Waals surface area (Å²) in [5, 5.41) is 5.50. The molecule has 0 aromatic heterocycles. The van der Waals surface area contributed by atoms with Gasteiger partial charge in [-0.05, 0) is 30.3 Å². The molecule has 2 N–H and O–H groups in total. The summed E-state index contributed by atoms with van der Waals surface area (Å²) in [6, 6.07) is 13.2. The topological polar surface area (TPSA) is 76.7 Å². The molecule has 0 saturated heterocycles. The van der Waals surface area contributed by atoms with E-state index in [1.807, 2.05) is 0 Å². The highest BCUT2D eigenvalue weighted by Crippen LogP contribution is 2.37. The van der Waals surface area contributed by atoms with Crippen LogP contribution >= 0.6 is 0 Å². The van der Waals surface area contributed by atoms with E-state index in [0.717, 1.165) is 0 Å². The van der Waals surface area contributed by atoms with Gasteiger partial charge >= 0.3 is 0 Å². The molecular formula is C16H11N2O4. The maximum absolute atomic E-state index is 12.2. The van der Waals surface area contributed by atoms with Crippen LogP contribution in [0, 0.1) is 6.07 Å². The van der Waals surface area contributed by atoms with Crippen molar-refractivity contribution >= 4 is 23.2 Å². The highest BCUT2D eigenvalue weighted by atomic mass is 16.5. The van der Waals surface area contributed by atoms with Crippen LogP contribution in [0.15, 0.2) is 36.4 Å². The van der Waals surface area contributed by atoms with Gasteiger partial charge in [-0.1, -0.05) is 12.1 Å². The molecule has 22 heavy (non-hydrogen) atoms. The molecule has 2 aliphatic rings. The van der Waals surface area contributed by atoms with Gasteiger partial charge in [-0.3, -0.25) is 9.59 Å². The number of fused-ring (bicyclic) bond motifs is 2. The Morgan fingerprint density at radius 3 is 2.91 bits per heavy atom. The van der Waals surface area contributed by atoms with Crippen LogP contribution < -0.4 is 20.1 Å². The molecule has 0 saturated carbocycles. The van der Waals surface area contributed by atoms with Gasteiger partial charge in [0, 0.05) is 5.56 Å². The van der Waals surface area contributed by atoms with Crippen LogP contribution in [0.25, 0.3) is 0 Å². The molecule has 109 valence electrons. The van der Waals surface area contributed by atoms with Crippen molar-refractivity contribution in [2.75, 3.05) is 17.2 Å². The standard InChI is InChI=1S/C16H11N2O4/c19-14-8-21-12-6-5-9(7-11(12)17-14)15-16(20)18-10-3-1-2-4-13(10)22-15/h2-7,15H,8H2,(H,17,19)(H,18,20). The first kappa shape index (κ1) is 12.7. The Morgan fingerprint density at radius 2 is 2.00 bits per heavy atom. The van der Waals surface area contributed by atoms with Gasteiger partial charge < -0.3 is 20.1 Å². The largest absolute Gasteiger partial charge is 0.482 e. The van der Waals surface area contributed by atoms with Gasteiger partial charge in [0.25, 0.3) is 11.8 Å². The van der Waals surface area contributed by atoms with Gasteiger partial charge in [-0.2, -0.15) is 0 Å². The number of hydrogen-bond donors (Lipinski definition) is 2. The first-order valence-corrected chi connectivity index (χ1v) is 6.75. The average molecular weight is 295 g/mol. The van der Waals surface area contributed by atoms with Crippen molar-refractivity contribution in [1.29, 1.82) is 0 Å². The molecule has 4 rings (SSSR count). The fourth-order valence-corrected chi connectivity index (χ4v) is 2.48. The number of carbonyl (C=O) groups is 2. The molecule has 0 spiro atoms. The van der Waals surface area contributed by atoms with Crippen LogP contribution in [0.1, 0.15) is 11.7 Å². The minimum absolute atomic E-state index is 0.00334. The number of nitrogens with one attached hydrogen (secondary N) is 2. The summed E-state index contributed by atoms with van der Waals surface area (Å²) in [5.74, 6) is 0.672. The number of anilines is 2. The number of rotatable bonds is 1. The fraction of sp³-hybridized carbons (Fsp3) is 0.125. The van der Waals surface area contributed by atoms with E-state index in [2.05, 4.69) is 16.7 Å². The molecule has 1 unspecified atom stereocenters. The zero-order chi connectivity index (χ0) is 15.1. The summed E-state index contributed by atoms with van der Waals surface area (Å²) in [5.41, 5.74) is 1.77. The summed E-state index contributed by atoms with van der Waals surface area (Å²) in [6.07, 6.45) is -0.779. The third kappa shape index (κ3) is 2.05. The molecule has 2 amide bonds. The van der Waals surface area contributed by atoms with Crippen LogP contribution in [0.5, 0.6) is 11.5 Å². The Labute approximate surface area is 126 Å². The van der Waals surface area contributed by atoms with Gasteiger partial charge in [0.05, 0.1) is 11.4 Å². The Kier molecular flexibility index (Phi) is 2.75. The van der Waals surface area contributed by atoms with E-state index in [9.17, 15) is 9.59 Å². The Balaban J connectivity index is 1.69. The maximum Gasteiger partial charge on any atom is 0.270 e. The predicted octanol–water partition coefficient (Wildman–Crippen LogP) is 1.89. The first-order valence-electron chi connectivity index (χ1n) is 6.75. The zero-order valence-electron chi connectivity index (χ0n) is 11.4. The van der Waals surface area contributed by atoms with Crippen molar-refractivity contribution in [3.8, 4) is 11.5 Å². The van der Waals surface area contributed by atoms with Crippen LogP contribution in [0.3, 0.4) is 0 Å². The number of benzene rings is 2. The number of hydrogen-bond acceptors (Lipinski definition) is 4. The third-order valence-corrected chi connectivity index (χ3v) is 3.50. The van der Waals surface area contributed by atoms with Crippen LogP contribution in [0.4, 0.5) is 11.4 Å². The predicted molar refractivity (Wildman–Crippen MR) is 77.8 cm³/mol. The Bertz CT molecular complexity index is 787. The second-order valence-electron chi connectivity index (χ2n) is 5.00. The first-order chi connectivity index (χ1) is 10.7. The highest BCUT2D eigenvalue weighted by molar-refractivity contribution is 5.99. The highest BCUT2D eigenvalue weighted by Gasteiger charge is 2.30. The van der Waals surface area contributed by atoms with E-state index in [1.54, 1.807) is 36.4 Å². The molecular weight excluding hydrogens is 284 g/mol. The van der Waals surface area contributed by atoms with Gasteiger partial charge in [-0.25, -0.2) is 0 Å². The van der Waals surface area contributed by atoms with E-state index < -0.39 is 6.10 Å². The lowest BCUT2D eigenvalue weighted by atomic mass is 10.0. The van der Waals surface area contributed by atoms with Gasteiger partial charge in [0.1, 0.15) is 11.5 Å². The molecule has 0 aliphatic carbocycles. The fourth-order valence-electron chi connectivity index (χ4n) is 2.48. The smallest absolute Gasteiger partial charge is 0.270 e. The van der Waals surface area contributed by atoms with Crippen molar-refractivity contribution in [2.24, 2.45) is 0 Å². The van der Waals surface area contributed by atoms with Crippen molar-refractivity contribution in [1.82, 2.24) is 0 Å². The van der Waals surface area contributed by atoms with Crippen molar-refractivity contribution in [2.45, 2.75) is 6.10 Å². The molecule has 6 nitrogen and oxygen atoms in total. The number of ether oxygens (including phenoxy) is 2. The lowest BCUT2D eigenvalue weighted by molar-refractivity contribution is -0.123. The van der Waals surface area contributed by atoms with Crippen LogP contribution in [0.2, 0.25) is 0 Å². The molecule has 2 aromatic carbocycles. The molecule has 0 fully saturated rings. The van der Waals surface area contributed by atoms with Gasteiger partial charge in [0.15, 0.2) is 6.61 Å². The van der Waals surface area contributed by atoms with E-state index in [-0.39, 0.29) is 18.4 Å². The summed E-state index contributed by atoms with van der Waals surface area (Å²) in [7, 11) is 0. The van der Waals surface area contributed by atoms with Gasteiger partial charge in [-0.15, -0.1) is 0 Å². The maximum atomic E-state index is 12.2. The Morgan fingerprint density at radius 1 is 1.09 bits per heavy atom. The second kappa shape index (κ2) is 4.77. The van der Waals surface area contributed by atoms with Crippen LogP contribution in [-0.4, -0.2) is 18.4 Å². The van der Waals surface area contributed by atoms with E-state index in [0.29, 0.717) is 28.4 Å². The van der Waals surface area contributed by atoms with Crippen molar-refractivity contribution < 1.29 is 19.1 Å². The monoisotopic (exact) mass is 295 g/mol. The number of amides is 2. The van der Waals surface area contributed by atoms with Crippen LogP contribution in [-0.2, 0) is 9.59 Å². The molecule has 6 heteroatoms. The normalized spacial score (nSPS) is 19.0. The number of carbonyl (C=O) groups excluding carboxylic acids is 2. The molecule has 2 aromatic rings. The van der Waals surface area contributed by atoms with Crippen molar-refractivity contribution in [3.63, 3.8) is 0 Å². The van der Waals surface area contributed by atoms with E-state index in [1.165, 1.54) is 0 Å². The van der Waals surface area contributed by atoms with Crippen molar-refractivity contribution in [3.05, 3.63) is 48.0 Å². The Hall–Kier alpha value is -3.02. The SMILES string of the molecule is O=C1COc2ccc(C3Oc4cc[c]cc4NC3=O)cc2N1. The molecule has 2 heterocycles. The quantitative estimate of drug-likeness (QED) is 0.842. The van der Waals surface area contributed by atoms with E-state index in [4.69, 9.17) is 9.47 Å².